The van der Waals surface area contributed by atoms with Crippen molar-refractivity contribution < 1.29 is 36.6 Å². The quantitative estimate of drug-likeness (QED) is 0.297. The van der Waals surface area contributed by atoms with Crippen molar-refractivity contribution in [3.63, 3.8) is 0 Å². The van der Waals surface area contributed by atoms with Gasteiger partial charge in [0.25, 0.3) is 5.60 Å². The topological polar surface area (TPSA) is 40.5 Å². The Morgan fingerprint density at radius 2 is 1.53 bits per heavy atom. The van der Waals surface area contributed by atoms with E-state index in [9.17, 15) is 36.6 Å². The number of halogens is 6. The standard InChI is InChI=1S/C28H38F6O2/c1-16(5-6-17(2)26(36,27(29,30)31)28(32,33)34)21-9-10-22-20-8-7-18-15-19(35)11-13-24(18,3)23(20)12-14-25(21,22)4/h5-8,16-17,19,21-23,35-36H,9-15H2,1-4H3/t16-,17+,19+,21-,22+,23+,24+,25-/m1/s1. The molecule has 0 aromatic rings. The highest BCUT2D eigenvalue weighted by molar-refractivity contribution is 5.39. The van der Waals surface area contributed by atoms with E-state index in [1.165, 1.54) is 17.2 Å². The fraction of sp³-hybridized carbons (Fsp3) is 0.786. The summed E-state index contributed by atoms with van der Waals surface area (Å²) < 4.78 is 79.5. The summed E-state index contributed by atoms with van der Waals surface area (Å²) in [7, 11) is 0. The lowest BCUT2D eigenvalue weighted by Gasteiger charge is -2.55. The maximum absolute atomic E-state index is 13.3. The van der Waals surface area contributed by atoms with E-state index >= 15 is 0 Å². The maximum atomic E-state index is 13.3. The summed E-state index contributed by atoms with van der Waals surface area (Å²) in [5.41, 5.74) is -2.07. The minimum absolute atomic E-state index is 0.0450. The van der Waals surface area contributed by atoms with E-state index in [2.05, 4.69) is 26.0 Å². The maximum Gasteiger partial charge on any atom is 0.426 e. The van der Waals surface area contributed by atoms with Gasteiger partial charge in [0.05, 0.1) is 6.10 Å². The summed E-state index contributed by atoms with van der Waals surface area (Å²) in [6.07, 6.45) is 1.06. The van der Waals surface area contributed by atoms with E-state index in [1.54, 1.807) is 0 Å². The minimum Gasteiger partial charge on any atom is -0.393 e. The third-order valence-electron chi connectivity index (χ3n) is 10.5. The third kappa shape index (κ3) is 4.09. The molecule has 0 unspecified atom stereocenters. The Hall–Kier alpha value is -1.28. The molecule has 4 aliphatic carbocycles. The third-order valence-corrected chi connectivity index (χ3v) is 10.5. The summed E-state index contributed by atoms with van der Waals surface area (Å²) in [5.74, 6) is -1.50. The zero-order chi connectivity index (χ0) is 26.9. The molecule has 2 N–H and O–H groups in total. The van der Waals surface area contributed by atoms with Crippen molar-refractivity contribution in [2.75, 3.05) is 0 Å². The average Bonchev–Trinajstić information content (AvgIpc) is 3.12. The number of aliphatic hydroxyl groups is 2. The summed E-state index contributed by atoms with van der Waals surface area (Å²) >= 11 is 0. The lowest BCUT2D eigenvalue weighted by molar-refractivity contribution is -0.378. The van der Waals surface area contributed by atoms with Gasteiger partial charge < -0.3 is 10.2 Å². The smallest absolute Gasteiger partial charge is 0.393 e. The first kappa shape index (κ1) is 27.7. The molecule has 0 bridgehead atoms. The van der Waals surface area contributed by atoms with Crippen molar-refractivity contribution >= 4 is 0 Å². The number of allylic oxidation sites excluding steroid dienone is 4. The van der Waals surface area contributed by atoms with Crippen LogP contribution in [0.5, 0.6) is 0 Å². The molecule has 3 fully saturated rings. The van der Waals surface area contributed by atoms with Crippen LogP contribution in [0.15, 0.2) is 35.5 Å². The zero-order valence-electron chi connectivity index (χ0n) is 21.4. The van der Waals surface area contributed by atoms with Crippen LogP contribution in [0.1, 0.15) is 72.6 Å². The Morgan fingerprint density at radius 3 is 2.14 bits per heavy atom. The van der Waals surface area contributed by atoms with E-state index in [1.807, 2.05) is 6.92 Å². The van der Waals surface area contributed by atoms with Gasteiger partial charge in [-0.1, -0.05) is 63.1 Å². The second-order valence-electron chi connectivity index (χ2n) is 12.3. The average molecular weight is 521 g/mol. The Bertz CT molecular complexity index is 933. The van der Waals surface area contributed by atoms with Crippen LogP contribution in [0.4, 0.5) is 26.3 Å². The van der Waals surface area contributed by atoms with E-state index < -0.39 is 23.9 Å². The summed E-state index contributed by atoms with van der Waals surface area (Å²) in [6, 6.07) is 0. The van der Waals surface area contributed by atoms with Crippen LogP contribution >= 0.6 is 0 Å². The van der Waals surface area contributed by atoms with Gasteiger partial charge in [-0.2, -0.15) is 26.3 Å². The van der Waals surface area contributed by atoms with Crippen molar-refractivity contribution in [3.8, 4) is 0 Å². The molecule has 4 rings (SSSR count). The second-order valence-corrected chi connectivity index (χ2v) is 12.3. The molecule has 0 radical (unpaired) electrons. The van der Waals surface area contributed by atoms with Crippen LogP contribution in [0.2, 0.25) is 0 Å². The second kappa shape index (κ2) is 8.89. The van der Waals surface area contributed by atoms with Crippen LogP contribution in [-0.4, -0.2) is 34.3 Å². The molecule has 4 aliphatic rings. The number of aliphatic hydroxyl groups excluding tert-OH is 1. The van der Waals surface area contributed by atoms with Crippen LogP contribution in [0.25, 0.3) is 0 Å². The van der Waals surface area contributed by atoms with Gasteiger partial charge in [0.1, 0.15) is 0 Å². The summed E-state index contributed by atoms with van der Waals surface area (Å²) in [4.78, 5) is 0. The molecule has 3 saturated carbocycles. The molecule has 2 nitrogen and oxygen atoms in total. The molecular weight excluding hydrogens is 482 g/mol. The molecule has 8 atom stereocenters. The Labute approximate surface area is 209 Å². The largest absolute Gasteiger partial charge is 0.426 e. The van der Waals surface area contributed by atoms with Crippen molar-refractivity contribution in [2.24, 2.45) is 40.4 Å². The Morgan fingerprint density at radius 1 is 0.889 bits per heavy atom. The van der Waals surface area contributed by atoms with Gasteiger partial charge >= 0.3 is 12.4 Å². The van der Waals surface area contributed by atoms with Crippen LogP contribution in [-0.2, 0) is 0 Å². The Balaban J connectivity index is 1.55. The van der Waals surface area contributed by atoms with Gasteiger partial charge in [0.15, 0.2) is 0 Å². The lowest BCUT2D eigenvalue weighted by Crippen LogP contribution is -2.60. The fourth-order valence-electron chi connectivity index (χ4n) is 8.18. The lowest BCUT2D eigenvalue weighted by atomic mass is 9.50. The molecule has 204 valence electrons. The Kier molecular flexibility index (Phi) is 6.85. The van der Waals surface area contributed by atoms with Crippen molar-refractivity contribution in [1.82, 2.24) is 0 Å². The summed E-state index contributed by atoms with van der Waals surface area (Å²) in [6.45, 7) is 7.18. The minimum atomic E-state index is -5.83. The number of fused-ring (bicyclic) bond motifs is 5. The number of alkyl halides is 6. The number of hydrogen-bond donors (Lipinski definition) is 2. The SMILES string of the molecule is C[C@H](C=C[C@H](C)C(O)(C(F)(F)F)C(F)(F)F)[C@H]1CC[C@H]2C3=CC=C4C[C@@H](O)CC[C@]4(C)[C@H]3CC[C@]12C. The van der Waals surface area contributed by atoms with Gasteiger partial charge in [-0.25, -0.2) is 0 Å². The molecule has 36 heavy (non-hydrogen) atoms. The first-order valence-electron chi connectivity index (χ1n) is 13.1. The van der Waals surface area contributed by atoms with Crippen molar-refractivity contribution in [2.45, 2.75) is 96.7 Å². The molecule has 8 heteroatoms. The van der Waals surface area contributed by atoms with E-state index in [-0.39, 0.29) is 28.8 Å². The monoisotopic (exact) mass is 520 g/mol. The summed E-state index contributed by atoms with van der Waals surface area (Å²) in [5, 5.41) is 19.9. The highest BCUT2D eigenvalue weighted by Crippen LogP contribution is 2.66. The number of rotatable bonds is 4. The van der Waals surface area contributed by atoms with Gasteiger partial charge in [0, 0.05) is 5.92 Å². The number of hydrogen-bond acceptors (Lipinski definition) is 2. The molecule has 0 aromatic carbocycles. The fourth-order valence-corrected chi connectivity index (χ4v) is 8.18. The van der Waals surface area contributed by atoms with Crippen molar-refractivity contribution in [1.29, 1.82) is 0 Å². The molecule has 0 aromatic heterocycles. The first-order chi connectivity index (χ1) is 16.5. The van der Waals surface area contributed by atoms with Crippen LogP contribution < -0.4 is 0 Å². The van der Waals surface area contributed by atoms with Gasteiger partial charge in [-0.15, -0.1) is 0 Å². The van der Waals surface area contributed by atoms with Crippen LogP contribution in [0.3, 0.4) is 0 Å². The molecular formula is C28H38F6O2. The predicted octanol–water partition coefficient (Wildman–Crippen LogP) is 7.53. The van der Waals surface area contributed by atoms with Gasteiger partial charge in [0.2, 0.25) is 0 Å². The van der Waals surface area contributed by atoms with Gasteiger partial charge in [-0.3, -0.25) is 0 Å². The molecule has 0 amide bonds. The van der Waals surface area contributed by atoms with E-state index in [0.717, 1.165) is 51.5 Å². The molecule has 0 spiro atoms. The zero-order valence-corrected chi connectivity index (χ0v) is 21.4. The van der Waals surface area contributed by atoms with Crippen LogP contribution in [0, 0.1) is 40.4 Å². The van der Waals surface area contributed by atoms with Crippen molar-refractivity contribution in [3.05, 3.63) is 35.5 Å². The molecule has 0 saturated heterocycles. The normalized spacial score (nSPS) is 39.1. The van der Waals surface area contributed by atoms with Gasteiger partial charge in [-0.05, 0) is 79.4 Å². The highest BCUT2D eigenvalue weighted by atomic mass is 19.4. The van der Waals surface area contributed by atoms with E-state index in [4.69, 9.17) is 0 Å². The molecule has 0 aliphatic heterocycles. The molecule has 0 heterocycles. The predicted molar refractivity (Wildman–Crippen MR) is 126 cm³/mol. The van der Waals surface area contributed by atoms with E-state index in [0.29, 0.717) is 18.3 Å². The highest BCUT2D eigenvalue weighted by Gasteiger charge is 2.72. The first-order valence-corrected chi connectivity index (χ1v) is 13.1.